The Labute approximate surface area is 378 Å². The van der Waals surface area contributed by atoms with Crippen molar-refractivity contribution in [2.75, 3.05) is 21.7 Å². The summed E-state index contributed by atoms with van der Waals surface area (Å²) in [4.78, 5) is 62.5. The van der Waals surface area contributed by atoms with Crippen molar-refractivity contribution in [2.24, 2.45) is 0 Å². The molecule has 63 heavy (non-hydrogen) atoms. The fourth-order valence-corrected chi connectivity index (χ4v) is 7.00. The lowest BCUT2D eigenvalue weighted by molar-refractivity contribution is 0.0479. The van der Waals surface area contributed by atoms with Crippen LogP contribution >= 0.6 is 23.2 Å². The largest absolute Gasteiger partial charge is 0.477 e. The van der Waals surface area contributed by atoms with Crippen LogP contribution in [0.5, 0.6) is 0 Å². The molecule has 0 spiro atoms. The number of halogens is 2. The van der Waals surface area contributed by atoms with E-state index in [1.54, 1.807) is 61.1 Å². The number of aromatic nitrogens is 4. The molecule has 2 saturated carbocycles. The number of nitrogens with one attached hydrogen (secondary N) is 5. The highest BCUT2D eigenvalue weighted by atomic mass is 35.5. The highest BCUT2D eigenvalue weighted by Crippen LogP contribution is 2.30. The van der Waals surface area contributed by atoms with Gasteiger partial charge in [-0.3, -0.25) is 9.78 Å². The highest BCUT2D eigenvalue weighted by molar-refractivity contribution is 6.30. The number of ether oxygens (including phenoxy) is 2. The highest BCUT2D eigenvalue weighted by Gasteiger charge is 2.28. The number of anilines is 4. The topological polar surface area (TPSA) is 245 Å². The van der Waals surface area contributed by atoms with Gasteiger partial charge >= 0.3 is 18.2 Å². The van der Waals surface area contributed by atoms with Crippen LogP contribution in [0.2, 0.25) is 10.3 Å². The van der Waals surface area contributed by atoms with Crippen molar-refractivity contribution in [3.8, 4) is 0 Å². The molecule has 17 nitrogen and oxygen atoms in total. The summed E-state index contributed by atoms with van der Waals surface area (Å²) in [6.07, 6.45) is 12.8. The van der Waals surface area contributed by atoms with E-state index in [4.69, 9.17) is 43.5 Å². The van der Waals surface area contributed by atoms with E-state index in [1.807, 2.05) is 41.5 Å². The number of nitrogens with two attached hydrogens (primary N) is 1. The van der Waals surface area contributed by atoms with Gasteiger partial charge in [0.05, 0.1) is 35.1 Å². The van der Waals surface area contributed by atoms with Gasteiger partial charge in [-0.05, 0) is 117 Å². The van der Waals surface area contributed by atoms with Gasteiger partial charge in [-0.2, -0.15) is 0 Å². The van der Waals surface area contributed by atoms with Gasteiger partial charge in [-0.25, -0.2) is 29.3 Å². The maximum atomic E-state index is 12.5. The maximum Gasteiger partial charge on any atom is 0.407 e. The molecule has 0 aromatic carbocycles. The van der Waals surface area contributed by atoms with Gasteiger partial charge in [0.15, 0.2) is 0 Å². The van der Waals surface area contributed by atoms with Gasteiger partial charge < -0.3 is 46.9 Å². The number of amides is 3. The average Bonchev–Trinajstić information content (AvgIpc) is 3.20. The predicted octanol–water partition coefficient (Wildman–Crippen LogP) is 8.97. The number of carboxylic acid groups (broad SMARTS) is 1. The number of nitrogens with zero attached hydrogens (tertiary/aromatic N) is 4. The SMILES string of the molecule is CC(C)(C)OC(=O)N[C@H]1CCC[C@@H](Nc2cnc(Cl)cc2N)C1.CC(C)(C)OC(=O)N[C@H]1CCC[C@@H](Nc2cnc(Cl)cc2NC(=O)c2ccccn2)C1.O=C(O)c1ccccn1. The van der Waals surface area contributed by atoms with Crippen molar-refractivity contribution in [2.45, 2.75) is 128 Å². The van der Waals surface area contributed by atoms with Crippen LogP contribution in [0.1, 0.15) is 114 Å². The number of alkyl carbamates (subject to hydrolysis) is 2. The fourth-order valence-electron chi connectivity index (χ4n) is 6.68. The molecule has 2 fully saturated rings. The van der Waals surface area contributed by atoms with Crippen LogP contribution < -0.4 is 32.3 Å². The number of hydrogen-bond acceptors (Lipinski definition) is 13. The van der Waals surface area contributed by atoms with Crippen LogP contribution in [-0.2, 0) is 9.47 Å². The van der Waals surface area contributed by atoms with Crippen LogP contribution in [0.4, 0.5) is 32.3 Å². The van der Waals surface area contributed by atoms with Crippen molar-refractivity contribution >= 4 is 70.0 Å². The first-order valence-corrected chi connectivity index (χ1v) is 21.4. The summed E-state index contributed by atoms with van der Waals surface area (Å²) in [5, 5.41) is 24.5. The van der Waals surface area contributed by atoms with Crippen molar-refractivity contribution in [1.29, 1.82) is 0 Å². The van der Waals surface area contributed by atoms with E-state index < -0.39 is 23.3 Å². The molecule has 0 saturated heterocycles. The molecule has 4 aromatic heterocycles. The Morgan fingerprint density at radius 2 is 1.11 bits per heavy atom. The van der Waals surface area contributed by atoms with Gasteiger partial charge in [0.2, 0.25) is 0 Å². The molecular formula is C44H58Cl2N10O7. The number of aromatic carboxylic acids is 1. The van der Waals surface area contributed by atoms with E-state index in [2.05, 4.69) is 46.5 Å². The number of nitrogen functional groups attached to an aromatic ring is 1. The van der Waals surface area contributed by atoms with Gasteiger partial charge in [0, 0.05) is 48.7 Å². The number of pyridine rings is 4. The Hall–Kier alpha value is -5.94. The zero-order valence-corrected chi connectivity index (χ0v) is 37.9. The van der Waals surface area contributed by atoms with Crippen molar-refractivity contribution in [3.05, 3.63) is 95.0 Å². The van der Waals surface area contributed by atoms with Crippen LogP contribution in [-0.4, -0.2) is 84.5 Å². The van der Waals surface area contributed by atoms with Crippen molar-refractivity contribution < 1.29 is 33.8 Å². The summed E-state index contributed by atoms with van der Waals surface area (Å²) in [6.45, 7) is 11.1. The fraction of sp³-hybridized carbons (Fsp3) is 0.455. The molecule has 6 rings (SSSR count). The minimum Gasteiger partial charge on any atom is -0.477 e. The number of carbonyl (C=O) groups is 4. The first kappa shape index (κ1) is 49.7. The maximum absolute atomic E-state index is 12.5. The molecule has 8 N–H and O–H groups in total. The summed E-state index contributed by atoms with van der Waals surface area (Å²) < 4.78 is 10.7. The van der Waals surface area contributed by atoms with E-state index in [9.17, 15) is 19.2 Å². The molecule has 0 radical (unpaired) electrons. The van der Waals surface area contributed by atoms with Crippen LogP contribution in [0, 0.1) is 0 Å². The third-order valence-corrected chi connectivity index (χ3v) is 9.73. The molecule has 3 amide bonds. The Bertz CT molecular complexity index is 2120. The Balaban J connectivity index is 0.000000237. The molecule has 0 bridgehead atoms. The molecule has 2 aliphatic rings. The monoisotopic (exact) mass is 908 g/mol. The van der Waals surface area contributed by atoms with Crippen LogP contribution in [0.25, 0.3) is 0 Å². The number of carbonyl (C=O) groups excluding carboxylic acids is 3. The molecule has 19 heteroatoms. The van der Waals surface area contributed by atoms with E-state index in [0.29, 0.717) is 27.9 Å². The minimum absolute atomic E-state index is 0.00733. The summed E-state index contributed by atoms with van der Waals surface area (Å²) in [7, 11) is 0. The quantitative estimate of drug-likeness (QED) is 0.0775. The van der Waals surface area contributed by atoms with Crippen LogP contribution in [0.15, 0.2) is 73.3 Å². The second-order valence-corrected chi connectivity index (χ2v) is 17.8. The third-order valence-electron chi connectivity index (χ3n) is 9.31. The Kier molecular flexibility index (Phi) is 18.5. The normalized spacial score (nSPS) is 18.3. The smallest absolute Gasteiger partial charge is 0.407 e. The third kappa shape index (κ3) is 18.5. The van der Waals surface area contributed by atoms with Gasteiger partial charge in [0.1, 0.15) is 32.9 Å². The number of carboxylic acids is 1. The zero-order valence-electron chi connectivity index (χ0n) is 36.4. The van der Waals surface area contributed by atoms with Crippen LogP contribution in [0.3, 0.4) is 0 Å². The van der Waals surface area contributed by atoms with E-state index in [1.165, 1.54) is 12.3 Å². The van der Waals surface area contributed by atoms with Crippen molar-refractivity contribution in [1.82, 2.24) is 30.6 Å². The zero-order chi connectivity index (χ0) is 46.2. The minimum atomic E-state index is -0.990. The number of rotatable bonds is 9. The number of hydrogen-bond donors (Lipinski definition) is 7. The molecule has 4 atom stereocenters. The van der Waals surface area contributed by atoms with E-state index >= 15 is 0 Å². The summed E-state index contributed by atoms with van der Waals surface area (Å²) in [5.41, 5.74) is 7.85. The summed E-state index contributed by atoms with van der Waals surface area (Å²) in [5.74, 6) is -1.32. The standard InChI is InChI=1S/C22H28ClN5O3.C16H25ClN4O2.C6H5NO2/c1-22(2,3)31-21(30)27-15-8-6-7-14(11-15)26-18-13-25-19(23)12-17(18)28-20(29)16-9-4-5-10-24-16;1-16(2,3)23-15(22)21-11-6-4-5-10(7-11)20-13-9-19-14(17)8-12(13)18;8-6(9)5-3-1-2-4-7-5/h4-5,9-10,12-15,26H,6-8,11H2,1-3H3,(H,27,30)(H,25,28,29);8-11,20H,4-7H2,1-3H3,(H2,18,19)(H,21,22);1-4H,(H,8,9)/t14-,15+;10-,11+;/m11./s1. The lowest BCUT2D eigenvalue weighted by atomic mass is 9.91. The molecule has 2 aliphatic carbocycles. The summed E-state index contributed by atoms with van der Waals surface area (Å²) in [6, 6.07) is 13.6. The molecule has 4 aromatic rings. The molecule has 0 aliphatic heterocycles. The Morgan fingerprint density at radius 1 is 0.651 bits per heavy atom. The van der Waals surface area contributed by atoms with Crippen molar-refractivity contribution in [3.63, 3.8) is 0 Å². The lowest BCUT2D eigenvalue weighted by Gasteiger charge is -2.32. The molecule has 0 unspecified atom stereocenters. The second-order valence-electron chi connectivity index (χ2n) is 17.0. The van der Waals surface area contributed by atoms with Gasteiger partial charge in [-0.15, -0.1) is 0 Å². The van der Waals surface area contributed by atoms with E-state index in [-0.39, 0.29) is 47.0 Å². The van der Waals surface area contributed by atoms with E-state index in [0.717, 1.165) is 57.1 Å². The molecule has 4 heterocycles. The lowest BCUT2D eigenvalue weighted by Crippen LogP contribution is -2.44. The average molecular weight is 910 g/mol. The molecular weight excluding hydrogens is 851 g/mol. The second kappa shape index (κ2) is 23.5. The van der Waals surface area contributed by atoms with Gasteiger partial charge in [0.25, 0.3) is 5.91 Å². The first-order chi connectivity index (χ1) is 29.7. The summed E-state index contributed by atoms with van der Waals surface area (Å²) >= 11 is 11.9. The Morgan fingerprint density at radius 3 is 1.56 bits per heavy atom. The van der Waals surface area contributed by atoms with Gasteiger partial charge in [-0.1, -0.05) is 35.3 Å². The predicted molar refractivity (Wildman–Crippen MR) is 244 cm³/mol. The first-order valence-electron chi connectivity index (χ1n) is 20.7. The molecule has 340 valence electrons.